The molecule has 0 saturated heterocycles. The van der Waals surface area contributed by atoms with Gasteiger partial charge >= 0.3 is 0 Å². The molecule has 63 heavy (non-hydrogen) atoms. The van der Waals surface area contributed by atoms with Gasteiger partial charge in [0.15, 0.2) is 0 Å². The van der Waals surface area contributed by atoms with Gasteiger partial charge in [-0.25, -0.2) is 0 Å². The predicted molar refractivity (Wildman–Crippen MR) is 255 cm³/mol. The average molecular weight is 801 g/mol. The molecule has 292 valence electrons. The van der Waals surface area contributed by atoms with Gasteiger partial charge in [0.25, 0.3) is 0 Å². The molecule has 0 radical (unpaired) electrons. The number of aromatic nitrogens is 2. The van der Waals surface area contributed by atoms with E-state index in [9.17, 15) is 10.5 Å². The van der Waals surface area contributed by atoms with Crippen LogP contribution in [0.4, 0.5) is 0 Å². The number of nitriles is 2. The first-order valence-electron chi connectivity index (χ1n) is 21.6. The summed E-state index contributed by atoms with van der Waals surface area (Å²) in [5, 5.41) is 28.8. The summed E-state index contributed by atoms with van der Waals surface area (Å²) in [6, 6.07) is 74.6. The van der Waals surface area contributed by atoms with E-state index in [2.05, 4.69) is 215 Å². The second kappa shape index (κ2) is 13.5. The van der Waals surface area contributed by atoms with Gasteiger partial charge in [-0.15, -0.1) is 0 Å². The first kappa shape index (κ1) is 35.3. The maximum Gasteiger partial charge on any atom is 0.102 e. The van der Waals surface area contributed by atoms with E-state index >= 15 is 0 Å². The van der Waals surface area contributed by atoms with Gasteiger partial charge in [-0.05, 0) is 80.8 Å². The van der Waals surface area contributed by atoms with Crippen LogP contribution in [-0.2, 0) is 6.42 Å². The van der Waals surface area contributed by atoms with E-state index in [1.54, 1.807) is 0 Å². The Balaban J connectivity index is 1.31. The molecule has 0 bridgehead atoms. The lowest BCUT2D eigenvalue weighted by atomic mass is 9.71. The summed E-state index contributed by atoms with van der Waals surface area (Å²) < 4.78 is 4.71. The zero-order valence-electron chi connectivity index (χ0n) is 34.1. The number of hydrogen-bond donors (Lipinski definition) is 0. The normalized spacial score (nSPS) is 14.0. The van der Waals surface area contributed by atoms with E-state index in [4.69, 9.17) is 0 Å². The first-order chi connectivity index (χ1) is 31.2. The molecular weight excluding hydrogens is 765 g/mol. The highest BCUT2D eigenvalue weighted by molar-refractivity contribution is 6.12. The van der Waals surface area contributed by atoms with Crippen LogP contribution in [-0.4, -0.2) is 9.13 Å². The Hall–Kier alpha value is -8.44. The van der Waals surface area contributed by atoms with E-state index in [0.717, 1.165) is 99.5 Å². The Morgan fingerprint density at radius 3 is 1.24 bits per heavy atom. The van der Waals surface area contributed by atoms with Crippen molar-refractivity contribution in [2.75, 3.05) is 0 Å². The molecule has 2 aliphatic rings. The van der Waals surface area contributed by atoms with Crippen molar-refractivity contribution in [1.82, 2.24) is 9.13 Å². The van der Waals surface area contributed by atoms with Crippen molar-refractivity contribution in [2.24, 2.45) is 0 Å². The lowest BCUT2D eigenvalue weighted by Gasteiger charge is -2.33. The van der Waals surface area contributed by atoms with Crippen LogP contribution in [0, 0.1) is 22.7 Å². The van der Waals surface area contributed by atoms with E-state index in [0.29, 0.717) is 17.5 Å². The number of nitrogens with zero attached hydrogens (tertiary/aromatic N) is 4. The molecular formula is C59H36N4. The van der Waals surface area contributed by atoms with Crippen LogP contribution < -0.4 is 0 Å². The monoisotopic (exact) mass is 800 g/mol. The molecule has 1 unspecified atom stereocenters. The van der Waals surface area contributed by atoms with Gasteiger partial charge < -0.3 is 9.13 Å². The molecule has 11 aromatic rings. The topological polar surface area (TPSA) is 57.4 Å². The molecule has 4 nitrogen and oxygen atoms in total. The van der Waals surface area contributed by atoms with Gasteiger partial charge in [0.1, 0.15) is 6.07 Å². The molecule has 0 aliphatic heterocycles. The maximum absolute atomic E-state index is 12.2. The smallest absolute Gasteiger partial charge is 0.102 e. The predicted octanol–water partition coefficient (Wildman–Crippen LogP) is 14.1. The summed E-state index contributed by atoms with van der Waals surface area (Å²) in [6.07, 6.45) is 0.648. The fraction of sp³-hybridized carbons (Fsp3) is 0.0508. The van der Waals surface area contributed by atoms with Gasteiger partial charge in [-0.2, -0.15) is 10.5 Å². The van der Waals surface area contributed by atoms with E-state index in [1.807, 2.05) is 0 Å². The summed E-state index contributed by atoms with van der Waals surface area (Å²) in [6.45, 7) is 0. The molecule has 2 aromatic heterocycles. The van der Waals surface area contributed by atoms with Crippen molar-refractivity contribution in [2.45, 2.75) is 18.3 Å². The highest BCUT2D eigenvalue weighted by Crippen LogP contribution is 2.56. The molecule has 0 spiro atoms. The quantitative estimate of drug-likeness (QED) is 0.178. The molecule has 1 atom stereocenters. The van der Waals surface area contributed by atoms with Crippen molar-refractivity contribution in [3.05, 3.63) is 239 Å². The number of para-hydroxylation sites is 4. The van der Waals surface area contributed by atoms with Crippen LogP contribution in [0.2, 0.25) is 0 Å². The third kappa shape index (κ3) is 4.84. The van der Waals surface area contributed by atoms with Gasteiger partial charge in [-0.3, -0.25) is 0 Å². The molecule has 0 fully saturated rings. The Morgan fingerprint density at radius 2 is 0.746 bits per heavy atom. The number of rotatable bonds is 4. The molecule has 4 heteroatoms. The number of benzene rings is 9. The van der Waals surface area contributed by atoms with Crippen LogP contribution in [0.5, 0.6) is 0 Å². The summed E-state index contributed by atoms with van der Waals surface area (Å²) in [5.41, 5.74) is 17.7. The molecule has 0 amide bonds. The Kier molecular flexibility index (Phi) is 7.59. The number of hydrogen-bond acceptors (Lipinski definition) is 2. The summed E-state index contributed by atoms with van der Waals surface area (Å²) in [5.74, 6) is -0.614. The van der Waals surface area contributed by atoms with E-state index < -0.39 is 0 Å². The molecule has 13 rings (SSSR count). The van der Waals surface area contributed by atoms with Gasteiger partial charge in [0.05, 0.1) is 50.6 Å². The first-order valence-corrected chi connectivity index (χ1v) is 21.6. The van der Waals surface area contributed by atoms with Crippen molar-refractivity contribution in [3.8, 4) is 45.8 Å². The Labute approximate surface area is 364 Å². The second-order valence-corrected chi connectivity index (χ2v) is 16.8. The highest BCUT2D eigenvalue weighted by atomic mass is 15.1. The molecule has 0 N–H and O–H groups in total. The van der Waals surface area contributed by atoms with Crippen LogP contribution >= 0.6 is 0 Å². The molecule has 0 saturated carbocycles. The number of fused-ring (bicyclic) bond motifs is 12. The second-order valence-electron chi connectivity index (χ2n) is 16.8. The van der Waals surface area contributed by atoms with Crippen LogP contribution in [0.1, 0.15) is 56.3 Å². The summed E-state index contributed by atoms with van der Waals surface area (Å²) in [4.78, 5) is 0. The van der Waals surface area contributed by atoms with Crippen LogP contribution in [0.3, 0.4) is 0 Å². The lowest BCUT2D eigenvalue weighted by molar-refractivity contribution is 0.781. The maximum atomic E-state index is 12.2. The average Bonchev–Trinajstić information content (AvgIpc) is 3.98. The molecule has 2 aliphatic carbocycles. The molecule has 9 aromatic carbocycles. The van der Waals surface area contributed by atoms with Crippen molar-refractivity contribution >= 4 is 43.6 Å². The third-order valence-corrected chi connectivity index (χ3v) is 13.9. The van der Waals surface area contributed by atoms with Crippen LogP contribution in [0.25, 0.3) is 77.2 Å². The minimum absolute atomic E-state index is 0.287. The Bertz CT molecular complexity index is 3680. The van der Waals surface area contributed by atoms with E-state index in [1.165, 1.54) is 11.1 Å². The summed E-state index contributed by atoms with van der Waals surface area (Å²) >= 11 is 0. The van der Waals surface area contributed by atoms with E-state index in [-0.39, 0.29) is 11.8 Å². The van der Waals surface area contributed by atoms with Gasteiger partial charge in [-0.1, -0.05) is 170 Å². The largest absolute Gasteiger partial charge is 0.307 e. The summed E-state index contributed by atoms with van der Waals surface area (Å²) in [7, 11) is 0. The van der Waals surface area contributed by atoms with Gasteiger partial charge in [0, 0.05) is 38.9 Å². The fourth-order valence-corrected chi connectivity index (χ4v) is 11.5. The zero-order valence-corrected chi connectivity index (χ0v) is 34.1. The third-order valence-electron chi connectivity index (χ3n) is 13.9. The standard InChI is InChI=1S/C59H36N4/c60-34-49-55(48-33-36-17-1-2-18-37(36)38-19-3-4-22-41(38)48)50(35-61)58(62-51-29-13-9-23-42(51)43-24-10-14-30-52(43)62)59(63-53-31-15-11-25-44(53)45-26-12-16-32-54(45)63)57(49)56-46-27-7-5-20-39(46)40-21-6-8-28-47(40)56/h1-32,48,56H,33H2. The van der Waals surface area contributed by atoms with Crippen molar-refractivity contribution < 1.29 is 0 Å². The highest BCUT2D eigenvalue weighted by Gasteiger charge is 2.41. The van der Waals surface area contributed by atoms with Crippen LogP contribution in [0.15, 0.2) is 194 Å². The lowest BCUT2D eigenvalue weighted by Crippen LogP contribution is -2.21. The SMILES string of the molecule is N#Cc1c(C2Cc3ccccc3-c3ccccc32)c(C#N)c(-n2c3ccccc3c3ccccc32)c(-n2c3ccccc3c3ccccc32)c1C1c2ccccc2-c2ccccc21. The minimum atomic E-state index is -0.327. The minimum Gasteiger partial charge on any atom is -0.307 e. The van der Waals surface area contributed by atoms with Crippen molar-refractivity contribution in [3.63, 3.8) is 0 Å². The Morgan fingerprint density at radius 1 is 0.365 bits per heavy atom. The van der Waals surface area contributed by atoms with Gasteiger partial charge in [0.2, 0.25) is 0 Å². The zero-order chi connectivity index (χ0) is 41.8. The fourth-order valence-electron chi connectivity index (χ4n) is 11.5. The van der Waals surface area contributed by atoms with Crippen molar-refractivity contribution in [1.29, 1.82) is 10.5 Å². The molecule has 2 heterocycles.